The number of nitrogens with zero attached hydrogens (tertiary/aromatic N) is 6. The third kappa shape index (κ3) is 4.62. The van der Waals surface area contributed by atoms with E-state index in [0.717, 1.165) is 18.6 Å². The van der Waals surface area contributed by atoms with Gasteiger partial charge >= 0.3 is 12.1 Å². The minimum atomic E-state index is -0.479. The number of urea groups is 2. The molecule has 190 valence electrons. The maximum atomic E-state index is 14.5. The number of carbonyl (C=O) groups excluding carboxylic acids is 2. The molecule has 0 aliphatic carbocycles. The highest BCUT2D eigenvalue weighted by atomic mass is 19.1. The Hall–Kier alpha value is -3.96. The van der Waals surface area contributed by atoms with Crippen LogP contribution in [0.3, 0.4) is 0 Å². The Morgan fingerprint density at radius 3 is 2.78 bits per heavy atom. The number of anilines is 2. The van der Waals surface area contributed by atoms with Gasteiger partial charge in [-0.15, -0.1) is 0 Å². The molecule has 2 saturated heterocycles. The fraction of sp³-hybridized carbons (Fsp3) is 0.417. The molecule has 2 aromatic heterocycles. The Labute approximate surface area is 206 Å². The van der Waals surface area contributed by atoms with E-state index in [9.17, 15) is 18.4 Å². The molecule has 4 heterocycles. The number of benzene rings is 1. The molecule has 2 atom stereocenters. The third-order valence-corrected chi connectivity index (χ3v) is 6.67. The van der Waals surface area contributed by atoms with E-state index in [4.69, 9.17) is 4.98 Å². The van der Waals surface area contributed by atoms with E-state index in [2.05, 4.69) is 15.7 Å². The number of aromatic nitrogens is 3. The van der Waals surface area contributed by atoms with Gasteiger partial charge in [-0.3, -0.25) is 0 Å². The summed E-state index contributed by atoms with van der Waals surface area (Å²) >= 11 is 0. The first-order chi connectivity index (χ1) is 17.3. The zero-order chi connectivity index (χ0) is 25.4. The maximum Gasteiger partial charge on any atom is 0.322 e. The summed E-state index contributed by atoms with van der Waals surface area (Å²) in [7, 11) is 3.33. The molecule has 0 unspecified atom stereocenters. The van der Waals surface area contributed by atoms with Gasteiger partial charge in [0.25, 0.3) is 0 Å². The molecule has 0 radical (unpaired) electrons. The van der Waals surface area contributed by atoms with Crippen LogP contribution in [-0.4, -0.2) is 76.2 Å². The van der Waals surface area contributed by atoms with Crippen LogP contribution in [0.25, 0.3) is 5.65 Å². The zero-order valence-electron chi connectivity index (χ0n) is 20.1. The van der Waals surface area contributed by atoms with Gasteiger partial charge in [0.1, 0.15) is 23.1 Å². The summed E-state index contributed by atoms with van der Waals surface area (Å²) < 4.78 is 29.9. The van der Waals surface area contributed by atoms with Gasteiger partial charge in [-0.25, -0.2) is 27.9 Å². The molecule has 5 rings (SSSR count). The maximum absolute atomic E-state index is 14.5. The predicted octanol–water partition coefficient (Wildman–Crippen LogP) is 3.23. The van der Waals surface area contributed by atoms with Gasteiger partial charge in [-0.1, -0.05) is 0 Å². The van der Waals surface area contributed by atoms with Crippen LogP contribution in [0, 0.1) is 11.6 Å². The number of amides is 4. The Morgan fingerprint density at radius 1 is 1.14 bits per heavy atom. The van der Waals surface area contributed by atoms with Crippen molar-refractivity contribution in [3.05, 3.63) is 53.9 Å². The fourth-order valence-corrected chi connectivity index (χ4v) is 4.80. The molecule has 2 N–H and O–H groups in total. The second-order valence-electron chi connectivity index (χ2n) is 9.34. The van der Waals surface area contributed by atoms with Gasteiger partial charge in [0.05, 0.1) is 12.2 Å². The molecule has 1 aromatic carbocycles. The molecule has 3 aromatic rings. The second-order valence-corrected chi connectivity index (χ2v) is 9.34. The van der Waals surface area contributed by atoms with Crippen molar-refractivity contribution >= 4 is 29.2 Å². The quantitative estimate of drug-likeness (QED) is 0.576. The number of halogens is 2. The summed E-state index contributed by atoms with van der Waals surface area (Å²) in [5, 5.41) is 10.0. The number of hydrogen-bond donors (Lipinski definition) is 2. The van der Waals surface area contributed by atoms with E-state index in [1.807, 2.05) is 4.90 Å². The average molecular weight is 499 g/mol. The molecule has 2 aliphatic heterocycles. The Morgan fingerprint density at radius 2 is 1.97 bits per heavy atom. The highest BCUT2D eigenvalue weighted by molar-refractivity contribution is 5.93. The van der Waals surface area contributed by atoms with Gasteiger partial charge in [0.2, 0.25) is 0 Å². The summed E-state index contributed by atoms with van der Waals surface area (Å²) in [4.78, 5) is 34.6. The largest absolute Gasteiger partial charge is 0.349 e. The highest BCUT2D eigenvalue weighted by Gasteiger charge is 2.31. The lowest BCUT2D eigenvalue weighted by Crippen LogP contribution is -2.43. The van der Waals surface area contributed by atoms with E-state index < -0.39 is 11.6 Å². The van der Waals surface area contributed by atoms with Crippen molar-refractivity contribution in [2.75, 3.05) is 43.9 Å². The molecule has 2 fully saturated rings. The minimum absolute atomic E-state index is 0.116. The van der Waals surface area contributed by atoms with Crippen molar-refractivity contribution in [3.8, 4) is 0 Å². The number of likely N-dealkylation sites (tertiary alicyclic amines) is 1. The van der Waals surface area contributed by atoms with Crippen molar-refractivity contribution in [1.82, 2.24) is 29.7 Å². The monoisotopic (exact) mass is 498 g/mol. The van der Waals surface area contributed by atoms with Crippen LogP contribution in [0.4, 0.5) is 29.9 Å². The summed E-state index contributed by atoms with van der Waals surface area (Å²) in [5.74, 6) is -0.331. The van der Waals surface area contributed by atoms with Crippen LogP contribution in [0.2, 0.25) is 0 Å². The van der Waals surface area contributed by atoms with Crippen LogP contribution in [0.5, 0.6) is 0 Å². The molecular weight excluding hydrogens is 470 g/mol. The SMILES string of the molecule is CN(C)C(=O)N[C@@H]1CCN(C(=O)Nc2cnn3ccc(N4CCC[C@@H]4c4cc(F)ccc4F)nc23)C1. The lowest BCUT2D eigenvalue weighted by atomic mass is 10.0. The van der Waals surface area contributed by atoms with Crippen molar-refractivity contribution < 1.29 is 18.4 Å². The molecule has 4 amide bonds. The Balaban J connectivity index is 1.32. The zero-order valence-corrected chi connectivity index (χ0v) is 20.1. The summed E-state index contributed by atoms with van der Waals surface area (Å²) in [5.41, 5.74) is 1.19. The average Bonchev–Trinajstić information content (AvgIpc) is 3.60. The fourth-order valence-electron chi connectivity index (χ4n) is 4.80. The van der Waals surface area contributed by atoms with Gasteiger partial charge in [0, 0.05) is 51.5 Å². The summed E-state index contributed by atoms with van der Waals surface area (Å²) in [6.07, 6.45) is 5.41. The van der Waals surface area contributed by atoms with E-state index in [0.29, 0.717) is 55.2 Å². The molecule has 12 heteroatoms. The highest BCUT2D eigenvalue weighted by Crippen LogP contribution is 2.37. The van der Waals surface area contributed by atoms with Crippen molar-refractivity contribution in [1.29, 1.82) is 0 Å². The minimum Gasteiger partial charge on any atom is -0.349 e. The van der Waals surface area contributed by atoms with E-state index in [1.165, 1.54) is 17.2 Å². The molecule has 10 nitrogen and oxygen atoms in total. The van der Waals surface area contributed by atoms with Crippen LogP contribution in [0.15, 0.2) is 36.7 Å². The molecule has 0 bridgehead atoms. The Kier molecular flexibility index (Phi) is 6.33. The standard InChI is InChI=1S/C24H28F2N8O2/c1-31(2)23(35)28-16-7-10-32(14-16)24(36)29-19-13-27-34-11-8-21(30-22(19)34)33-9-3-4-20(33)17-12-15(25)5-6-18(17)26/h5-6,8,11-13,16,20H,3-4,7,9-10,14H2,1-2H3,(H,28,35)(H,29,36)/t16-,20-/m1/s1. The van der Waals surface area contributed by atoms with Gasteiger partial charge in [-0.2, -0.15) is 5.10 Å². The number of fused-ring (bicyclic) bond motifs is 1. The first-order valence-corrected chi connectivity index (χ1v) is 11.9. The number of carbonyl (C=O) groups is 2. The summed E-state index contributed by atoms with van der Waals surface area (Å²) in [6.45, 7) is 1.56. The lowest BCUT2D eigenvalue weighted by Gasteiger charge is -2.26. The lowest BCUT2D eigenvalue weighted by molar-refractivity contribution is 0.210. The third-order valence-electron chi connectivity index (χ3n) is 6.67. The van der Waals surface area contributed by atoms with E-state index in [1.54, 1.807) is 35.8 Å². The van der Waals surface area contributed by atoms with Crippen molar-refractivity contribution in [2.45, 2.75) is 31.3 Å². The number of rotatable bonds is 4. The van der Waals surface area contributed by atoms with Gasteiger partial charge < -0.3 is 25.3 Å². The van der Waals surface area contributed by atoms with E-state index in [-0.39, 0.29) is 24.1 Å². The van der Waals surface area contributed by atoms with Gasteiger partial charge in [0.15, 0.2) is 5.65 Å². The molecule has 36 heavy (non-hydrogen) atoms. The normalized spacial score (nSPS) is 19.7. The smallest absolute Gasteiger partial charge is 0.322 e. The van der Waals surface area contributed by atoms with Crippen LogP contribution in [0.1, 0.15) is 30.9 Å². The molecular formula is C24H28F2N8O2. The summed E-state index contributed by atoms with van der Waals surface area (Å²) in [6, 6.07) is 4.33. The van der Waals surface area contributed by atoms with Crippen LogP contribution in [-0.2, 0) is 0 Å². The molecule has 0 spiro atoms. The van der Waals surface area contributed by atoms with E-state index >= 15 is 0 Å². The number of nitrogens with one attached hydrogen (secondary N) is 2. The van der Waals surface area contributed by atoms with Crippen molar-refractivity contribution in [3.63, 3.8) is 0 Å². The van der Waals surface area contributed by atoms with Crippen molar-refractivity contribution in [2.24, 2.45) is 0 Å². The van der Waals surface area contributed by atoms with Crippen LogP contribution >= 0.6 is 0 Å². The van der Waals surface area contributed by atoms with Gasteiger partial charge in [-0.05, 0) is 43.5 Å². The molecule has 2 aliphatic rings. The topological polar surface area (TPSA) is 98.1 Å². The second kappa shape index (κ2) is 9.59. The first kappa shape index (κ1) is 23.8. The predicted molar refractivity (Wildman–Crippen MR) is 130 cm³/mol. The molecule has 0 saturated carbocycles. The first-order valence-electron chi connectivity index (χ1n) is 11.9. The number of hydrogen-bond acceptors (Lipinski definition) is 5. The Bertz CT molecular complexity index is 1300. The van der Waals surface area contributed by atoms with Crippen LogP contribution < -0.4 is 15.5 Å².